The Hall–Kier alpha value is -1.65. The SMILES string of the molecule is C[C@H](CC[C@]1(C)[C@H](C)CC[C@]2(C)C(C(=O)O)=CC(=O)C[C@@H]12)CC(=O)O. The fourth-order valence-corrected chi connectivity index (χ4v) is 5.14. The van der Waals surface area contributed by atoms with Crippen LogP contribution in [0.15, 0.2) is 11.6 Å². The van der Waals surface area contributed by atoms with E-state index in [9.17, 15) is 19.5 Å². The van der Waals surface area contributed by atoms with Gasteiger partial charge in [0.25, 0.3) is 0 Å². The number of allylic oxidation sites excluding steroid dienone is 1. The van der Waals surface area contributed by atoms with Crippen LogP contribution in [0, 0.1) is 28.6 Å². The van der Waals surface area contributed by atoms with Crippen molar-refractivity contribution in [2.45, 2.75) is 66.2 Å². The Morgan fingerprint density at radius 1 is 1.32 bits per heavy atom. The summed E-state index contributed by atoms with van der Waals surface area (Å²) in [5.41, 5.74) is -0.396. The zero-order valence-electron chi connectivity index (χ0n) is 15.7. The molecule has 2 rings (SSSR count). The second-order valence-electron chi connectivity index (χ2n) is 8.69. The van der Waals surface area contributed by atoms with Gasteiger partial charge in [-0.05, 0) is 54.9 Å². The number of aliphatic carboxylic acids is 2. The maximum Gasteiger partial charge on any atom is 0.332 e. The molecule has 0 bridgehead atoms. The summed E-state index contributed by atoms with van der Waals surface area (Å²) in [6.45, 7) is 8.30. The van der Waals surface area contributed by atoms with E-state index in [1.807, 2.05) is 13.8 Å². The number of carbonyl (C=O) groups excluding carboxylic acids is 1. The summed E-state index contributed by atoms with van der Waals surface area (Å²) >= 11 is 0. The van der Waals surface area contributed by atoms with Crippen LogP contribution >= 0.6 is 0 Å². The largest absolute Gasteiger partial charge is 0.481 e. The van der Waals surface area contributed by atoms with Gasteiger partial charge in [-0.25, -0.2) is 4.79 Å². The predicted octanol–water partition coefficient (Wildman–Crippen LogP) is 3.92. The normalized spacial score (nSPS) is 36.3. The molecule has 0 spiro atoms. The van der Waals surface area contributed by atoms with Crippen LogP contribution in [-0.4, -0.2) is 27.9 Å². The predicted molar refractivity (Wildman–Crippen MR) is 94.1 cm³/mol. The highest BCUT2D eigenvalue weighted by atomic mass is 16.4. The minimum absolute atomic E-state index is 0.00984. The highest BCUT2D eigenvalue weighted by Crippen LogP contribution is 2.61. The topological polar surface area (TPSA) is 91.7 Å². The lowest BCUT2D eigenvalue weighted by molar-refractivity contribution is -0.141. The molecule has 5 heteroatoms. The zero-order chi connectivity index (χ0) is 19.0. The molecule has 2 aliphatic carbocycles. The van der Waals surface area contributed by atoms with Crippen molar-refractivity contribution in [3.63, 3.8) is 0 Å². The molecule has 0 saturated heterocycles. The molecule has 0 aromatic heterocycles. The number of fused-ring (bicyclic) bond motifs is 1. The highest BCUT2D eigenvalue weighted by Gasteiger charge is 2.56. The molecule has 25 heavy (non-hydrogen) atoms. The Bertz CT molecular complexity index is 607. The monoisotopic (exact) mass is 350 g/mol. The third kappa shape index (κ3) is 3.65. The Labute approximate surface area is 149 Å². The van der Waals surface area contributed by atoms with Crippen molar-refractivity contribution in [1.29, 1.82) is 0 Å². The van der Waals surface area contributed by atoms with Gasteiger partial charge < -0.3 is 10.2 Å². The van der Waals surface area contributed by atoms with E-state index in [1.54, 1.807) is 0 Å². The Morgan fingerprint density at radius 3 is 2.52 bits per heavy atom. The van der Waals surface area contributed by atoms with Crippen molar-refractivity contribution in [1.82, 2.24) is 0 Å². The van der Waals surface area contributed by atoms with Crippen LogP contribution in [0.4, 0.5) is 0 Å². The van der Waals surface area contributed by atoms with Gasteiger partial charge in [-0.3, -0.25) is 9.59 Å². The van der Waals surface area contributed by atoms with Gasteiger partial charge in [-0.15, -0.1) is 0 Å². The number of carbonyl (C=O) groups is 3. The van der Waals surface area contributed by atoms with Crippen molar-refractivity contribution in [3.05, 3.63) is 11.6 Å². The maximum atomic E-state index is 12.2. The van der Waals surface area contributed by atoms with Gasteiger partial charge in [-0.2, -0.15) is 0 Å². The van der Waals surface area contributed by atoms with E-state index in [1.165, 1.54) is 6.08 Å². The van der Waals surface area contributed by atoms with E-state index < -0.39 is 17.4 Å². The van der Waals surface area contributed by atoms with Gasteiger partial charge >= 0.3 is 11.9 Å². The van der Waals surface area contributed by atoms with Crippen LogP contribution in [0.3, 0.4) is 0 Å². The maximum absolute atomic E-state index is 12.2. The van der Waals surface area contributed by atoms with E-state index in [2.05, 4.69) is 13.8 Å². The Balaban J connectivity index is 2.31. The summed E-state index contributed by atoms with van der Waals surface area (Å²) < 4.78 is 0. The van der Waals surface area contributed by atoms with Gasteiger partial charge in [0, 0.05) is 23.8 Å². The third-order valence-corrected chi connectivity index (χ3v) is 7.04. The van der Waals surface area contributed by atoms with Crippen LogP contribution in [0.5, 0.6) is 0 Å². The molecule has 2 aliphatic rings. The molecule has 0 aromatic rings. The minimum Gasteiger partial charge on any atom is -0.481 e. The van der Waals surface area contributed by atoms with Crippen molar-refractivity contribution in [2.24, 2.45) is 28.6 Å². The Morgan fingerprint density at radius 2 is 1.96 bits per heavy atom. The molecular weight excluding hydrogens is 320 g/mol. The highest BCUT2D eigenvalue weighted by molar-refractivity contribution is 6.01. The van der Waals surface area contributed by atoms with Crippen LogP contribution < -0.4 is 0 Å². The molecule has 1 fully saturated rings. The van der Waals surface area contributed by atoms with Gasteiger partial charge in [0.2, 0.25) is 0 Å². The average Bonchev–Trinajstić information content (AvgIpc) is 2.50. The van der Waals surface area contributed by atoms with E-state index in [-0.39, 0.29) is 35.0 Å². The standard InChI is InChI=1S/C20H30O5/c1-12(9-17(22)23)5-7-19(3)13(2)6-8-20(4)15(18(24)25)10-14(21)11-16(19)20/h10,12-13,16H,5-9,11H2,1-4H3,(H,22,23)(H,24,25)/t12-,13-,16+,19-,20-/m1/s1. The van der Waals surface area contributed by atoms with Crippen LogP contribution in [0.2, 0.25) is 0 Å². The molecule has 0 radical (unpaired) electrons. The summed E-state index contributed by atoms with van der Waals surface area (Å²) in [6.07, 6.45) is 5.18. The number of rotatable bonds is 6. The summed E-state index contributed by atoms with van der Waals surface area (Å²) in [7, 11) is 0. The van der Waals surface area contributed by atoms with Crippen LogP contribution in [0.1, 0.15) is 66.2 Å². The molecular formula is C20H30O5. The minimum atomic E-state index is -0.989. The smallest absolute Gasteiger partial charge is 0.332 e. The van der Waals surface area contributed by atoms with Gasteiger partial charge in [-0.1, -0.05) is 27.7 Å². The average molecular weight is 350 g/mol. The first-order valence-electron chi connectivity index (χ1n) is 9.20. The first-order valence-corrected chi connectivity index (χ1v) is 9.20. The Kier molecular flexibility index (Phi) is 5.45. The van der Waals surface area contributed by atoms with Gasteiger partial charge in [0.15, 0.2) is 5.78 Å². The lowest BCUT2D eigenvalue weighted by atomic mass is 9.46. The number of carboxylic acid groups (broad SMARTS) is 2. The zero-order valence-corrected chi connectivity index (χ0v) is 15.7. The summed E-state index contributed by atoms with van der Waals surface area (Å²) in [6, 6.07) is 0. The molecule has 5 atom stereocenters. The molecule has 5 nitrogen and oxygen atoms in total. The van der Waals surface area contributed by atoms with Crippen LogP contribution in [0.25, 0.3) is 0 Å². The lowest BCUT2D eigenvalue weighted by Crippen LogP contribution is -2.52. The molecule has 140 valence electrons. The lowest BCUT2D eigenvalue weighted by Gasteiger charge is -2.57. The fourth-order valence-electron chi connectivity index (χ4n) is 5.14. The first kappa shape index (κ1) is 19.7. The summed E-state index contributed by atoms with van der Waals surface area (Å²) in [5.74, 6) is -1.44. The number of ketones is 1. The second kappa shape index (κ2) is 6.93. The van der Waals surface area contributed by atoms with E-state index in [0.717, 1.165) is 25.7 Å². The van der Waals surface area contributed by atoms with E-state index in [0.29, 0.717) is 12.3 Å². The first-order chi connectivity index (χ1) is 11.5. The molecule has 0 aliphatic heterocycles. The van der Waals surface area contributed by atoms with Crippen molar-refractivity contribution in [2.75, 3.05) is 0 Å². The van der Waals surface area contributed by atoms with Crippen molar-refractivity contribution >= 4 is 17.7 Å². The van der Waals surface area contributed by atoms with Crippen LogP contribution in [-0.2, 0) is 14.4 Å². The molecule has 0 aromatic carbocycles. The fraction of sp³-hybridized carbons (Fsp3) is 0.750. The summed E-state index contributed by atoms with van der Waals surface area (Å²) in [4.78, 5) is 34.9. The van der Waals surface area contributed by atoms with Crippen molar-refractivity contribution < 1.29 is 24.6 Å². The summed E-state index contributed by atoms with van der Waals surface area (Å²) in [5, 5.41) is 18.6. The quantitative estimate of drug-likeness (QED) is 0.757. The molecule has 0 unspecified atom stereocenters. The number of hydrogen-bond acceptors (Lipinski definition) is 3. The molecule has 0 heterocycles. The van der Waals surface area contributed by atoms with Crippen molar-refractivity contribution in [3.8, 4) is 0 Å². The number of carboxylic acids is 2. The molecule has 0 amide bonds. The van der Waals surface area contributed by atoms with Gasteiger partial charge in [0.1, 0.15) is 0 Å². The number of hydrogen-bond donors (Lipinski definition) is 2. The molecule has 2 N–H and O–H groups in total. The second-order valence-corrected chi connectivity index (χ2v) is 8.69. The van der Waals surface area contributed by atoms with E-state index >= 15 is 0 Å². The molecule has 1 saturated carbocycles. The van der Waals surface area contributed by atoms with E-state index in [4.69, 9.17) is 5.11 Å². The van der Waals surface area contributed by atoms with Gasteiger partial charge in [0.05, 0.1) is 0 Å². The third-order valence-electron chi connectivity index (χ3n) is 7.04.